The molecule has 1 aliphatic rings. The molecule has 1 aromatic heterocycles. The largest absolute Gasteiger partial charge is 0.440 e. The van der Waals surface area contributed by atoms with Gasteiger partial charge in [0.1, 0.15) is 11.6 Å². The zero-order chi connectivity index (χ0) is 15.4. The third-order valence-electron chi connectivity index (χ3n) is 3.48. The molecule has 0 unspecified atom stereocenters. The van der Waals surface area contributed by atoms with Crippen LogP contribution in [-0.2, 0) is 0 Å². The molecule has 0 bridgehead atoms. The Labute approximate surface area is 127 Å². The van der Waals surface area contributed by atoms with E-state index < -0.39 is 11.7 Å². The van der Waals surface area contributed by atoms with Crippen LogP contribution < -0.4 is 10.3 Å². The lowest BCUT2D eigenvalue weighted by Gasteiger charge is -2.12. The smallest absolute Gasteiger partial charge is 0.271 e. The lowest BCUT2D eigenvalue weighted by Crippen LogP contribution is -2.17. The fraction of sp³-hybridized carbons (Fsp3) is 0.250. The van der Waals surface area contributed by atoms with E-state index in [1.807, 2.05) is 6.07 Å². The molecule has 5 nitrogen and oxygen atoms in total. The molecule has 1 saturated heterocycles. The van der Waals surface area contributed by atoms with Gasteiger partial charge in [-0.15, -0.1) is 0 Å². The number of benzene rings is 1. The fourth-order valence-corrected chi connectivity index (χ4v) is 2.37. The first kappa shape index (κ1) is 14.3. The molecular weight excluding hydrogens is 285 g/mol. The molecule has 0 spiro atoms. The second-order valence-electron chi connectivity index (χ2n) is 5.08. The number of furan rings is 1. The van der Waals surface area contributed by atoms with Gasteiger partial charge in [-0.1, -0.05) is 6.07 Å². The Hall–Kier alpha value is -2.63. The molecule has 1 aliphatic heterocycles. The van der Waals surface area contributed by atoms with Crippen molar-refractivity contribution in [1.82, 2.24) is 5.43 Å². The molecule has 22 heavy (non-hydrogen) atoms. The van der Waals surface area contributed by atoms with Crippen molar-refractivity contribution in [3.8, 4) is 0 Å². The van der Waals surface area contributed by atoms with Gasteiger partial charge in [0, 0.05) is 24.7 Å². The SMILES string of the molecule is O=C(N/N=C\c1ccc(N2CCCC2)o1)c1cccc(F)c1. The molecule has 2 heterocycles. The molecule has 0 radical (unpaired) electrons. The normalized spacial score (nSPS) is 14.7. The highest BCUT2D eigenvalue weighted by Crippen LogP contribution is 2.21. The summed E-state index contributed by atoms with van der Waals surface area (Å²) < 4.78 is 18.7. The van der Waals surface area contributed by atoms with Crippen LogP contribution in [-0.4, -0.2) is 25.2 Å². The number of hydrazone groups is 1. The predicted molar refractivity (Wildman–Crippen MR) is 81.6 cm³/mol. The van der Waals surface area contributed by atoms with Crippen LogP contribution in [0.1, 0.15) is 29.0 Å². The van der Waals surface area contributed by atoms with Gasteiger partial charge in [-0.2, -0.15) is 5.10 Å². The standard InChI is InChI=1S/C16H16FN3O2/c17-13-5-3-4-12(10-13)16(21)19-18-11-14-6-7-15(22-14)20-8-1-2-9-20/h3-7,10-11H,1-2,8-9H2,(H,19,21)/b18-11-. The van der Waals surface area contributed by atoms with E-state index in [2.05, 4.69) is 15.4 Å². The Bertz CT molecular complexity index is 690. The summed E-state index contributed by atoms with van der Waals surface area (Å²) in [5.41, 5.74) is 2.56. The number of halogens is 1. The molecule has 0 aliphatic carbocycles. The van der Waals surface area contributed by atoms with Crippen molar-refractivity contribution in [1.29, 1.82) is 0 Å². The topological polar surface area (TPSA) is 57.8 Å². The molecule has 1 fully saturated rings. The molecule has 1 aromatic carbocycles. The van der Waals surface area contributed by atoms with Crippen LogP contribution in [0.3, 0.4) is 0 Å². The summed E-state index contributed by atoms with van der Waals surface area (Å²) in [7, 11) is 0. The van der Waals surface area contributed by atoms with E-state index in [0.717, 1.165) is 25.0 Å². The number of anilines is 1. The molecule has 6 heteroatoms. The predicted octanol–water partition coefficient (Wildman–Crippen LogP) is 2.78. The lowest BCUT2D eigenvalue weighted by atomic mass is 10.2. The maximum atomic E-state index is 13.0. The van der Waals surface area contributed by atoms with E-state index in [1.54, 1.807) is 6.07 Å². The molecule has 2 aromatic rings. The number of nitrogens with zero attached hydrogens (tertiary/aromatic N) is 2. The van der Waals surface area contributed by atoms with Crippen LogP contribution in [0.15, 0.2) is 45.9 Å². The van der Waals surface area contributed by atoms with Crippen molar-refractivity contribution in [2.45, 2.75) is 12.8 Å². The summed E-state index contributed by atoms with van der Waals surface area (Å²) in [5, 5.41) is 3.83. The molecule has 1 N–H and O–H groups in total. The first-order valence-corrected chi connectivity index (χ1v) is 7.16. The highest BCUT2D eigenvalue weighted by atomic mass is 19.1. The van der Waals surface area contributed by atoms with Gasteiger partial charge < -0.3 is 9.32 Å². The third kappa shape index (κ3) is 3.33. The summed E-state index contributed by atoms with van der Waals surface area (Å²) >= 11 is 0. The minimum Gasteiger partial charge on any atom is -0.440 e. The second-order valence-corrected chi connectivity index (χ2v) is 5.08. The average molecular weight is 301 g/mol. The van der Waals surface area contributed by atoms with Gasteiger partial charge in [-0.25, -0.2) is 9.82 Å². The molecule has 0 atom stereocenters. The van der Waals surface area contributed by atoms with Crippen LogP contribution in [0.4, 0.5) is 10.3 Å². The van der Waals surface area contributed by atoms with Gasteiger partial charge in [0.15, 0.2) is 5.88 Å². The van der Waals surface area contributed by atoms with E-state index in [0.29, 0.717) is 5.76 Å². The minimum atomic E-state index is -0.470. The Morgan fingerprint density at radius 3 is 2.86 bits per heavy atom. The Morgan fingerprint density at radius 1 is 1.27 bits per heavy atom. The summed E-state index contributed by atoms with van der Waals surface area (Å²) in [5.74, 6) is 0.442. The van der Waals surface area contributed by atoms with Crippen molar-refractivity contribution in [2.24, 2.45) is 5.10 Å². The first-order valence-electron chi connectivity index (χ1n) is 7.16. The summed E-state index contributed by atoms with van der Waals surface area (Å²) in [6, 6.07) is 9.12. The first-order chi connectivity index (χ1) is 10.7. The van der Waals surface area contributed by atoms with Crippen molar-refractivity contribution in [3.63, 3.8) is 0 Å². The Morgan fingerprint density at radius 2 is 2.09 bits per heavy atom. The quantitative estimate of drug-likeness (QED) is 0.698. The van der Waals surface area contributed by atoms with E-state index in [4.69, 9.17) is 4.42 Å². The Balaban J connectivity index is 1.59. The third-order valence-corrected chi connectivity index (χ3v) is 3.48. The number of hydrogen-bond donors (Lipinski definition) is 1. The molecule has 0 saturated carbocycles. The lowest BCUT2D eigenvalue weighted by molar-refractivity contribution is 0.0954. The maximum absolute atomic E-state index is 13.0. The number of nitrogens with one attached hydrogen (secondary N) is 1. The molecular formula is C16H16FN3O2. The number of rotatable bonds is 4. The number of hydrogen-bond acceptors (Lipinski definition) is 4. The number of carbonyl (C=O) groups excluding carboxylic acids is 1. The summed E-state index contributed by atoms with van der Waals surface area (Å²) in [6.45, 7) is 2.00. The Kier molecular flexibility index (Phi) is 4.18. The maximum Gasteiger partial charge on any atom is 0.271 e. The van der Waals surface area contributed by atoms with E-state index in [9.17, 15) is 9.18 Å². The van der Waals surface area contributed by atoms with Crippen LogP contribution in [0, 0.1) is 5.82 Å². The van der Waals surface area contributed by atoms with Crippen molar-refractivity contribution < 1.29 is 13.6 Å². The molecule has 1 amide bonds. The van der Waals surface area contributed by atoms with E-state index >= 15 is 0 Å². The molecule has 3 rings (SSSR count). The van der Waals surface area contributed by atoms with Crippen molar-refractivity contribution >= 4 is 18.0 Å². The zero-order valence-corrected chi connectivity index (χ0v) is 12.0. The van der Waals surface area contributed by atoms with Gasteiger partial charge in [0.25, 0.3) is 5.91 Å². The minimum absolute atomic E-state index is 0.217. The molecule has 114 valence electrons. The summed E-state index contributed by atoms with van der Waals surface area (Å²) in [4.78, 5) is 13.9. The van der Waals surface area contributed by atoms with Gasteiger partial charge in [0.2, 0.25) is 0 Å². The van der Waals surface area contributed by atoms with E-state index in [1.165, 1.54) is 37.3 Å². The van der Waals surface area contributed by atoms with Crippen LogP contribution in [0.25, 0.3) is 0 Å². The van der Waals surface area contributed by atoms with E-state index in [-0.39, 0.29) is 5.56 Å². The second kappa shape index (κ2) is 6.43. The van der Waals surface area contributed by atoms with Gasteiger partial charge in [-0.05, 0) is 37.1 Å². The monoisotopic (exact) mass is 301 g/mol. The highest BCUT2D eigenvalue weighted by molar-refractivity contribution is 5.94. The number of carbonyl (C=O) groups is 1. The van der Waals surface area contributed by atoms with Crippen LogP contribution in [0.2, 0.25) is 0 Å². The van der Waals surface area contributed by atoms with Gasteiger partial charge in [0.05, 0.1) is 6.21 Å². The van der Waals surface area contributed by atoms with Crippen LogP contribution in [0.5, 0.6) is 0 Å². The average Bonchev–Trinajstić information content (AvgIpc) is 3.18. The van der Waals surface area contributed by atoms with Crippen molar-refractivity contribution in [3.05, 3.63) is 53.5 Å². The fourth-order valence-electron chi connectivity index (χ4n) is 2.37. The zero-order valence-electron chi connectivity index (χ0n) is 12.0. The van der Waals surface area contributed by atoms with Gasteiger partial charge in [-0.3, -0.25) is 4.79 Å². The summed E-state index contributed by atoms with van der Waals surface area (Å²) in [6.07, 6.45) is 3.78. The van der Waals surface area contributed by atoms with Gasteiger partial charge >= 0.3 is 0 Å². The number of amides is 1. The highest BCUT2D eigenvalue weighted by Gasteiger charge is 2.15. The van der Waals surface area contributed by atoms with Crippen molar-refractivity contribution in [2.75, 3.05) is 18.0 Å². The van der Waals surface area contributed by atoms with Crippen LogP contribution >= 0.6 is 0 Å².